The minimum Gasteiger partial charge on any atom is -0.497 e. The van der Waals surface area contributed by atoms with Gasteiger partial charge >= 0.3 is 0 Å². The Balaban J connectivity index is 1.97. The molecule has 1 amide bonds. The van der Waals surface area contributed by atoms with E-state index in [0.29, 0.717) is 13.1 Å². The number of anilines is 2. The van der Waals surface area contributed by atoms with Crippen molar-refractivity contribution in [2.75, 3.05) is 25.1 Å². The highest BCUT2D eigenvalue weighted by Crippen LogP contribution is 2.30. The number of hydrogen-bond acceptors (Lipinski definition) is 3. The summed E-state index contributed by atoms with van der Waals surface area (Å²) in [5.74, 6) is 0.784. The molecule has 0 atom stereocenters. The van der Waals surface area contributed by atoms with Crippen molar-refractivity contribution in [3.8, 4) is 5.75 Å². The minimum absolute atomic E-state index is 0.0240. The van der Waals surface area contributed by atoms with E-state index < -0.39 is 0 Å². The third-order valence-corrected chi connectivity index (χ3v) is 4.12. The van der Waals surface area contributed by atoms with E-state index in [2.05, 4.69) is 40.5 Å². The van der Waals surface area contributed by atoms with Gasteiger partial charge in [-0.2, -0.15) is 0 Å². The van der Waals surface area contributed by atoms with Gasteiger partial charge in [-0.1, -0.05) is 36.4 Å². The maximum atomic E-state index is 11.2. The average molecular weight is 334 g/mol. The summed E-state index contributed by atoms with van der Waals surface area (Å²) in [6.07, 6.45) is 0. The number of methoxy groups -OCH3 is 1. The summed E-state index contributed by atoms with van der Waals surface area (Å²) in [5.41, 5.74) is 2.11. The number of hydrogen-bond donors (Lipinski definition) is 1. The van der Waals surface area contributed by atoms with E-state index in [9.17, 15) is 4.79 Å². The van der Waals surface area contributed by atoms with Crippen LogP contribution in [0.25, 0.3) is 10.8 Å². The Morgan fingerprint density at radius 2 is 1.72 bits per heavy atom. The molecule has 0 saturated carbocycles. The van der Waals surface area contributed by atoms with Crippen LogP contribution in [0.15, 0.2) is 66.7 Å². The second-order valence-electron chi connectivity index (χ2n) is 5.87. The van der Waals surface area contributed by atoms with E-state index in [4.69, 9.17) is 4.74 Å². The van der Waals surface area contributed by atoms with E-state index in [-0.39, 0.29) is 5.91 Å². The quantitative estimate of drug-likeness (QED) is 0.737. The molecule has 4 nitrogen and oxygen atoms in total. The molecule has 3 rings (SSSR count). The minimum atomic E-state index is -0.0240. The second kappa shape index (κ2) is 7.71. The molecule has 0 saturated heterocycles. The van der Waals surface area contributed by atoms with Gasteiger partial charge in [0.25, 0.3) is 0 Å². The van der Waals surface area contributed by atoms with Crippen LogP contribution < -0.4 is 15.0 Å². The maximum Gasteiger partial charge on any atom is 0.216 e. The molecule has 25 heavy (non-hydrogen) atoms. The predicted molar refractivity (Wildman–Crippen MR) is 103 cm³/mol. The summed E-state index contributed by atoms with van der Waals surface area (Å²) in [6.45, 7) is 2.77. The van der Waals surface area contributed by atoms with Crippen molar-refractivity contribution < 1.29 is 9.53 Å². The fourth-order valence-corrected chi connectivity index (χ4v) is 2.87. The van der Waals surface area contributed by atoms with Crippen molar-refractivity contribution in [1.82, 2.24) is 5.32 Å². The molecule has 1 N–H and O–H groups in total. The van der Waals surface area contributed by atoms with Crippen molar-refractivity contribution in [2.45, 2.75) is 6.92 Å². The zero-order chi connectivity index (χ0) is 17.6. The monoisotopic (exact) mass is 334 g/mol. The highest BCUT2D eigenvalue weighted by Gasteiger charge is 2.11. The van der Waals surface area contributed by atoms with E-state index in [1.54, 1.807) is 7.11 Å². The Morgan fingerprint density at radius 1 is 0.960 bits per heavy atom. The fourth-order valence-electron chi connectivity index (χ4n) is 2.87. The van der Waals surface area contributed by atoms with Crippen LogP contribution in [-0.4, -0.2) is 26.1 Å². The highest BCUT2D eigenvalue weighted by atomic mass is 16.5. The molecule has 0 aliphatic heterocycles. The van der Waals surface area contributed by atoms with Crippen molar-refractivity contribution >= 4 is 28.1 Å². The molecule has 3 aromatic carbocycles. The lowest BCUT2D eigenvalue weighted by molar-refractivity contribution is -0.118. The van der Waals surface area contributed by atoms with Gasteiger partial charge in [-0.3, -0.25) is 4.79 Å². The van der Waals surface area contributed by atoms with Crippen molar-refractivity contribution in [2.24, 2.45) is 0 Å². The van der Waals surface area contributed by atoms with Crippen molar-refractivity contribution in [1.29, 1.82) is 0 Å². The first kappa shape index (κ1) is 16.8. The number of rotatable bonds is 6. The van der Waals surface area contributed by atoms with Gasteiger partial charge < -0.3 is 15.0 Å². The van der Waals surface area contributed by atoms with E-state index in [0.717, 1.165) is 17.1 Å². The molecule has 0 spiro atoms. The van der Waals surface area contributed by atoms with Crippen LogP contribution in [0.4, 0.5) is 11.4 Å². The molecule has 128 valence electrons. The standard InChI is InChI=1S/C21H22N2O2/c1-16(24)22-12-13-23(19-8-5-9-21(15-19)25-2)20-11-10-17-6-3-4-7-18(17)14-20/h3-11,14-15H,12-13H2,1-2H3,(H,22,24). The van der Waals surface area contributed by atoms with Crippen LogP contribution in [0, 0.1) is 0 Å². The Kier molecular flexibility index (Phi) is 5.19. The number of carbonyl (C=O) groups excluding carboxylic acids is 1. The van der Waals surface area contributed by atoms with Crippen LogP contribution in [0.3, 0.4) is 0 Å². The Morgan fingerprint density at radius 3 is 2.48 bits per heavy atom. The number of nitrogens with zero attached hydrogens (tertiary/aromatic N) is 1. The van der Waals surface area contributed by atoms with Crippen LogP contribution >= 0.6 is 0 Å². The number of benzene rings is 3. The third-order valence-electron chi connectivity index (χ3n) is 4.12. The highest BCUT2D eigenvalue weighted by molar-refractivity contribution is 5.87. The number of ether oxygens (including phenoxy) is 1. The third kappa shape index (κ3) is 4.10. The molecular formula is C21H22N2O2. The van der Waals surface area contributed by atoms with Crippen LogP contribution in [-0.2, 0) is 4.79 Å². The topological polar surface area (TPSA) is 41.6 Å². The first-order chi connectivity index (χ1) is 12.2. The summed E-state index contributed by atoms with van der Waals surface area (Å²) in [7, 11) is 1.66. The normalized spacial score (nSPS) is 10.5. The molecule has 3 aromatic rings. The molecule has 0 aliphatic carbocycles. The van der Waals surface area contributed by atoms with E-state index >= 15 is 0 Å². The Hall–Kier alpha value is -3.01. The van der Waals surface area contributed by atoms with Gasteiger partial charge in [-0.15, -0.1) is 0 Å². The first-order valence-electron chi connectivity index (χ1n) is 8.32. The number of fused-ring (bicyclic) bond motifs is 1. The van der Waals surface area contributed by atoms with Crippen molar-refractivity contribution in [3.05, 3.63) is 66.7 Å². The molecule has 0 unspecified atom stereocenters. The van der Waals surface area contributed by atoms with Gasteiger partial charge in [0.2, 0.25) is 5.91 Å². The van der Waals surface area contributed by atoms with E-state index in [1.165, 1.54) is 17.7 Å². The summed E-state index contributed by atoms with van der Waals surface area (Å²) in [6, 6.07) is 22.6. The zero-order valence-electron chi connectivity index (χ0n) is 14.5. The molecule has 0 heterocycles. The van der Waals surface area contributed by atoms with Gasteiger partial charge in [0.1, 0.15) is 5.75 Å². The van der Waals surface area contributed by atoms with Gasteiger partial charge in [0.15, 0.2) is 0 Å². The van der Waals surface area contributed by atoms with Gasteiger partial charge in [0.05, 0.1) is 7.11 Å². The SMILES string of the molecule is COc1cccc(N(CCNC(C)=O)c2ccc3ccccc3c2)c1. The smallest absolute Gasteiger partial charge is 0.216 e. The maximum absolute atomic E-state index is 11.2. The lowest BCUT2D eigenvalue weighted by Gasteiger charge is -2.26. The zero-order valence-corrected chi connectivity index (χ0v) is 14.5. The fraction of sp³-hybridized carbons (Fsp3) is 0.190. The largest absolute Gasteiger partial charge is 0.497 e. The summed E-state index contributed by atoms with van der Waals surface area (Å²) in [4.78, 5) is 13.4. The Labute approximate surface area is 148 Å². The molecule has 0 fully saturated rings. The lowest BCUT2D eigenvalue weighted by atomic mass is 10.1. The number of amides is 1. The summed E-state index contributed by atoms with van der Waals surface area (Å²) < 4.78 is 5.36. The van der Waals surface area contributed by atoms with Crippen LogP contribution in [0.1, 0.15) is 6.92 Å². The number of nitrogens with one attached hydrogen (secondary N) is 1. The molecule has 4 heteroatoms. The first-order valence-corrected chi connectivity index (χ1v) is 8.32. The van der Waals surface area contributed by atoms with Gasteiger partial charge in [0, 0.05) is 37.5 Å². The predicted octanol–water partition coefficient (Wildman–Crippen LogP) is 4.12. The molecule has 0 aliphatic rings. The van der Waals surface area contributed by atoms with Gasteiger partial charge in [-0.25, -0.2) is 0 Å². The molecular weight excluding hydrogens is 312 g/mol. The number of carbonyl (C=O) groups is 1. The average Bonchev–Trinajstić information content (AvgIpc) is 2.64. The lowest BCUT2D eigenvalue weighted by Crippen LogP contribution is -2.31. The second-order valence-corrected chi connectivity index (χ2v) is 5.87. The Bertz CT molecular complexity index is 876. The van der Waals surface area contributed by atoms with Crippen molar-refractivity contribution in [3.63, 3.8) is 0 Å². The molecule has 0 aromatic heterocycles. The van der Waals surface area contributed by atoms with Crippen LogP contribution in [0.5, 0.6) is 5.75 Å². The van der Waals surface area contributed by atoms with E-state index in [1.807, 2.05) is 36.4 Å². The van der Waals surface area contributed by atoms with Crippen LogP contribution in [0.2, 0.25) is 0 Å². The summed E-state index contributed by atoms with van der Waals surface area (Å²) in [5, 5.41) is 5.26. The molecule has 0 bridgehead atoms. The van der Waals surface area contributed by atoms with Gasteiger partial charge in [-0.05, 0) is 35.0 Å². The summed E-state index contributed by atoms with van der Waals surface area (Å²) >= 11 is 0. The molecule has 0 radical (unpaired) electrons.